The lowest BCUT2D eigenvalue weighted by Crippen LogP contribution is -2.34. The van der Waals surface area contributed by atoms with Crippen LogP contribution in [-0.2, 0) is 9.59 Å². The summed E-state index contributed by atoms with van der Waals surface area (Å²) < 4.78 is 0. The van der Waals surface area contributed by atoms with Gasteiger partial charge in [0.15, 0.2) is 0 Å². The lowest BCUT2D eigenvalue weighted by Gasteiger charge is -2.24. The summed E-state index contributed by atoms with van der Waals surface area (Å²) in [5, 5.41) is 15.5. The van der Waals surface area contributed by atoms with E-state index in [9.17, 15) is 19.5 Å². The minimum absolute atomic E-state index is 0.295. The first-order chi connectivity index (χ1) is 13.8. The Morgan fingerprint density at radius 1 is 0.966 bits per heavy atom. The van der Waals surface area contributed by atoms with Crippen molar-refractivity contribution in [2.75, 3.05) is 10.6 Å². The second-order valence-electron chi connectivity index (χ2n) is 6.97. The average molecular weight is 413 g/mol. The van der Waals surface area contributed by atoms with Gasteiger partial charge in [0.2, 0.25) is 5.91 Å². The molecule has 0 aliphatic heterocycles. The third-order valence-corrected chi connectivity index (χ3v) is 5.20. The number of aliphatic carboxylic acids is 1. The van der Waals surface area contributed by atoms with E-state index in [2.05, 4.69) is 10.6 Å². The fourth-order valence-corrected chi connectivity index (χ4v) is 3.37. The standard InChI is InChI=1S/C22H21ClN2O4/c1-13-6-11-16(24-21(27)17-4-2-3-5-18(17)22(28)29)12-19(13)25-20(26)14-7-9-15(23)10-8-14/h2-3,6-12,17-18H,4-5H2,1H3,(H,24,27)(H,25,26)(H,28,29)/t17-,18+/m1/s1. The molecule has 0 aromatic heterocycles. The number of hydrogen-bond acceptors (Lipinski definition) is 3. The van der Waals surface area contributed by atoms with Gasteiger partial charge in [-0.2, -0.15) is 0 Å². The van der Waals surface area contributed by atoms with Crippen molar-refractivity contribution in [1.29, 1.82) is 0 Å². The third-order valence-electron chi connectivity index (χ3n) is 4.95. The summed E-state index contributed by atoms with van der Waals surface area (Å²) in [6, 6.07) is 11.7. The molecule has 0 radical (unpaired) electrons. The predicted molar refractivity (Wildman–Crippen MR) is 112 cm³/mol. The molecule has 2 atom stereocenters. The van der Waals surface area contributed by atoms with Crippen LogP contribution in [0.5, 0.6) is 0 Å². The fraction of sp³-hybridized carbons (Fsp3) is 0.227. The number of anilines is 2. The van der Waals surface area contributed by atoms with E-state index in [1.165, 1.54) is 0 Å². The van der Waals surface area contributed by atoms with Crippen LogP contribution in [0.15, 0.2) is 54.6 Å². The van der Waals surface area contributed by atoms with Crippen LogP contribution in [0.1, 0.15) is 28.8 Å². The van der Waals surface area contributed by atoms with Crippen LogP contribution in [-0.4, -0.2) is 22.9 Å². The molecule has 0 heterocycles. The molecule has 2 aromatic carbocycles. The van der Waals surface area contributed by atoms with E-state index in [1.807, 2.05) is 13.0 Å². The number of carboxylic acids is 1. The summed E-state index contributed by atoms with van der Waals surface area (Å²) in [6.07, 6.45) is 4.34. The molecule has 0 spiro atoms. The largest absolute Gasteiger partial charge is 0.481 e. The Bertz CT molecular complexity index is 969. The number of rotatable bonds is 5. The Labute approximate surface area is 173 Å². The second kappa shape index (κ2) is 8.92. The van der Waals surface area contributed by atoms with Crippen molar-refractivity contribution in [3.05, 3.63) is 70.8 Å². The molecular formula is C22H21ClN2O4. The minimum atomic E-state index is -0.977. The number of hydrogen-bond donors (Lipinski definition) is 3. The summed E-state index contributed by atoms with van der Waals surface area (Å²) in [5.74, 6) is -2.99. The van der Waals surface area contributed by atoms with Gasteiger partial charge in [-0.25, -0.2) is 0 Å². The van der Waals surface area contributed by atoms with Crippen LogP contribution in [0.4, 0.5) is 11.4 Å². The molecule has 1 aliphatic carbocycles. The predicted octanol–water partition coefficient (Wildman–Crippen LogP) is 4.51. The molecular weight excluding hydrogens is 392 g/mol. The highest BCUT2D eigenvalue weighted by Crippen LogP contribution is 2.28. The molecule has 2 aromatic rings. The molecule has 7 heteroatoms. The minimum Gasteiger partial charge on any atom is -0.481 e. The van der Waals surface area contributed by atoms with Crippen LogP contribution < -0.4 is 10.6 Å². The van der Waals surface area contributed by atoms with Crippen molar-refractivity contribution in [2.45, 2.75) is 19.8 Å². The molecule has 0 unspecified atom stereocenters. The number of aryl methyl sites for hydroxylation is 1. The van der Waals surface area contributed by atoms with Crippen molar-refractivity contribution >= 4 is 40.8 Å². The molecule has 29 heavy (non-hydrogen) atoms. The van der Waals surface area contributed by atoms with Gasteiger partial charge in [-0.05, 0) is 61.7 Å². The summed E-state index contributed by atoms with van der Waals surface area (Å²) in [4.78, 5) is 36.5. The lowest BCUT2D eigenvalue weighted by atomic mass is 9.82. The van der Waals surface area contributed by atoms with Crippen LogP contribution in [0.3, 0.4) is 0 Å². The zero-order chi connectivity index (χ0) is 21.0. The summed E-state index contributed by atoms with van der Waals surface area (Å²) >= 11 is 5.85. The van der Waals surface area contributed by atoms with Gasteiger partial charge in [0.1, 0.15) is 0 Å². The molecule has 0 saturated heterocycles. The Hall–Kier alpha value is -3.12. The van der Waals surface area contributed by atoms with Gasteiger partial charge in [-0.15, -0.1) is 0 Å². The van der Waals surface area contributed by atoms with Crippen molar-refractivity contribution in [1.82, 2.24) is 0 Å². The zero-order valence-corrected chi connectivity index (χ0v) is 16.6. The Balaban J connectivity index is 1.74. The first-order valence-electron chi connectivity index (χ1n) is 9.21. The summed E-state index contributed by atoms with van der Waals surface area (Å²) in [6.45, 7) is 1.84. The maximum Gasteiger partial charge on any atom is 0.307 e. The quantitative estimate of drug-likeness (QED) is 0.630. The molecule has 3 rings (SSSR count). The number of halogens is 1. The van der Waals surface area contributed by atoms with Gasteiger partial charge < -0.3 is 15.7 Å². The summed E-state index contributed by atoms with van der Waals surface area (Å²) in [7, 11) is 0. The topological polar surface area (TPSA) is 95.5 Å². The molecule has 0 fully saturated rings. The van der Waals surface area contributed by atoms with Gasteiger partial charge >= 0.3 is 5.97 Å². The van der Waals surface area contributed by atoms with Gasteiger partial charge in [-0.1, -0.05) is 29.8 Å². The molecule has 3 N–H and O–H groups in total. The SMILES string of the molecule is Cc1ccc(NC(=O)[C@@H]2CC=CC[C@@H]2C(=O)O)cc1NC(=O)c1ccc(Cl)cc1. The Morgan fingerprint density at radius 3 is 2.28 bits per heavy atom. The van der Waals surface area contributed by atoms with Crippen LogP contribution >= 0.6 is 11.6 Å². The van der Waals surface area contributed by atoms with E-state index in [0.29, 0.717) is 34.8 Å². The van der Waals surface area contributed by atoms with Crippen LogP contribution in [0.25, 0.3) is 0 Å². The van der Waals surface area contributed by atoms with E-state index in [4.69, 9.17) is 11.6 Å². The molecule has 0 saturated carbocycles. The highest BCUT2D eigenvalue weighted by molar-refractivity contribution is 6.30. The van der Waals surface area contributed by atoms with Gasteiger partial charge in [0.05, 0.1) is 11.8 Å². The monoisotopic (exact) mass is 412 g/mol. The van der Waals surface area contributed by atoms with Crippen molar-refractivity contribution in [3.8, 4) is 0 Å². The van der Waals surface area contributed by atoms with Gasteiger partial charge in [0, 0.05) is 22.0 Å². The maximum absolute atomic E-state index is 12.6. The lowest BCUT2D eigenvalue weighted by molar-refractivity contribution is -0.146. The average Bonchev–Trinajstić information content (AvgIpc) is 2.70. The second-order valence-corrected chi connectivity index (χ2v) is 7.41. The van der Waals surface area contributed by atoms with Crippen molar-refractivity contribution in [3.63, 3.8) is 0 Å². The van der Waals surface area contributed by atoms with E-state index in [0.717, 1.165) is 5.56 Å². The first-order valence-corrected chi connectivity index (χ1v) is 9.59. The number of carboxylic acid groups (broad SMARTS) is 1. The Morgan fingerprint density at radius 2 is 1.62 bits per heavy atom. The van der Waals surface area contributed by atoms with E-state index in [-0.39, 0.29) is 11.8 Å². The number of nitrogens with one attached hydrogen (secondary N) is 2. The third kappa shape index (κ3) is 5.03. The number of allylic oxidation sites excluding steroid dienone is 2. The highest BCUT2D eigenvalue weighted by Gasteiger charge is 2.34. The molecule has 150 valence electrons. The summed E-state index contributed by atoms with van der Waals surface area (Å²) in [5.41, 5.74) is 2.34. The smallest absolute Gasteiger partial charge is 0.307 e. The molecule has 1 aliphatic rings. The van der Waals surface area contributed by atoms with Crippen LogP contribution in [0.2, 0.25) is 5.02 Å². The van der Waals surface area contributed by atoms with E-state index in [1.54, 1.807) is 48.5 Å². The number of amides is 2. The molecule has 2 amide bonds. The fourth-order valence-electron chi connectivity index (χ4n) is 3.24. The Kier molecular flexibility index (Phi) is 6.34. The van der Waals surface area contributed by atoms with Crippen LogP contribution in [0, 0.1) is 18.8 Å². The normalized spacial score (nSPS) is 18.1. The first kappa shape index (κ1) is 20.6. The molecule has 6 nitrogen and oxygen atoms in total. The number of carbonyl (C=O) groups is 3. The van der Waals surface area contributed by atoms with E-state index >= 15 is 0 Å². The van der Waals surface area contributed by atoms with Gasteiger partial charge in [-0.3, -0.25) is 14.4 Å². The maximum atomic E-state index is 12.6. The van der Waals surface area contributed by atoms with Gasteiger partial charge in [0.25, 0.3) is 5.91 Å². The van der Waals surface area contributed by atoms with Crippen molar-refractivity contribution in [2.24, 2.45) is 11.8 Å². The van der Waals surface area contributed by atoms with Crippen molar-refractivity contribution < 1.29 is 19.5 Å². The molecule has 0 bridgehead atoms. The number of benzene rings is 2. The van der Waals surface area contributed by atoms with E-state index < -0.39 is 17.8 Å². The highest BCUT2D eigenvalue weighted by atomic mass is 35.5. The number of carbonyl (C=O) groups excluding carboxylic acids is 2. The zero-order valence-electron chi connectivity index (χ0n) is 15.8.